The number of carbonyl (C=O) groups is 1. The van der Waals surface area contributed by atoms with Crippen LogP contribution < -0.4 is 5.32 Å². The highest BCUT2D eigenvalue weighted by Gasteiger charge is 2.68. The quantitative estimate of drug-likeness (QED) is 0.252. The molecule has 1 fully saturated rings. The number of rotatable bonds is 6. The number of aromatic nitrogens is 4. The first-order valence-electron chi connectivity index (χ1n) is 11.9. The highest BCUT2D eigenvalue weighted by atomic mass is 79.9. The van der Waals surface area contributed by atoms with Gasteiger partial charge in [-0.25, -0.2) is 18.7 Å². The lowest BCUT2D eigenvalue weighted by molar-refractivity contribution is -0.142. The van der Waals surface area contributed by atoms with Crippen molar-refractivity contribution >= 4 is 43.5 Å². The molecule has 1 aromatic carbocycles. The van der Waals surface area contributed by atoms with Crippen LogP contribution in [0.4, 0.5) is 30.7 Å². The zero-order valence-electron chi connectivity index (χ0n) is 20.2. The molecule has 0 saturated heterocycles. The Hall–Kier alpha value is -3.58. The van der Waals surface area contributed by atoms with Gasteiger partial charge in [-0.05, 0) is 58.5 Å². The van der Waals surface area contributed by atoms with Crippen LogP contribution in [0.2, 0.25) is 0 Å². The summed E-state index contributed by atoms with van der Waals surface area (Å²) in [6.07, 6.45) is -5.33. The summed E-state index contributed by atoms with van der Waals surface area (Å²) in [5.74, 6) is -8.62. The summed E-state index contributed by atoms with van der Waals surface area (Å²) in [7, 11) is 0. The van der Waals surface area contributed by atoms with Crippen molar-refractivity contribution in [2.75, 3.05) is 0 Å². The van der Waals surface area contributed by atoms with Gasteiger partial charge in [-0.3, -0.25) is 9.48 Å². The number of carbonyl (C=O) groups excluding carboxylic acids is 1. The van der Waals surface area contributed by atoms with Crippen molar-refractivity contribution in [2.24, 2.45) is 5.92 Å². The lowest BCUT2D eigenvalue weighted by Crippen LogP contribution is -2.35. The number of alkyl halides is 5. The third-order valence-electron chi connectivity index (χ3n) is 6.98. The SMILES string of the molecule is N#Cc1nc2nc(C(Cc3cc(F)cc(F)c3)NC(=O)Cn3nc(C(F)(F)F)c4c3C(F)(F)[C@@H]3C[C@H]43)c(Br)cc2s1. The van der Waals surface area contributed by atoms with Crippen LogP contribution in [0.3, 0.4) is 0 Å². The minimum Gasteiger partial charge on any atom is -0.346 e. The van der Waals surface area contributed by atoms with Crippen LogP contribution in [0.25, 0.3) is 10.3 Å². The second kappa shape index (κ2) is 9.48. The summed E-state index contributed by atoms with van der Waals surface area (Å²) < 4.78 is 99.9. The lowest BCUT2D eigenvalue weighted by atomic mass is 10.0. The molecule has 3 aromatic heterocycles. The Morgan fingerprint density at radius 1 is 1.22 bits per heavy atom. The number of amides is 1. The summed E-state index contributed by atoms with van der Waals surface area (Å²) in [6.45, 7) is -0.976. The summed E-state index contributed by atoms with van der Waals surface area (Å²) >= 11 is 4.38. The van der Waals surface area contributed by atoms with Crippen molar-refractivity contribution in [1.82, 2.24) is 25.1 Å². The number of nitrogens with zero attached hydrogens (tertiary/aromatic N) is 5. The minimum atomic E-state index is -5.00. The molecule has 7 nitrogen and oxygen atoms in total. The number of thiazole rings is 1. The number of hydrogen-bond acceptors (Lipinski definition) is 6. The van der Waals surface area contributed by atoms with Gasteiger partial charge in [0.1, 0.15) is 29.9 Å². The second-order valence-corrected chi connectivity index (χ2v) is 11.6. The van der Waals surface area contributed by atoms with E-state index in [1.165, 1.54) is 0 Å². The number of halogens is 8. The van der Waals surface area contributed by atoms with Crippen LogP contribution in [0.15, 0.2) is 28.7 Å². The maximum absolute atomic E-state index is 14.9. The monoisotopic (exact) mass is 658 g/mol. The van der Waals surface area contributed by atoms with Gasteiger partial charge in [-0.2, -0.15) is 32.3 Å². The van der Waals surface area contributed by atoms with Crippen LogP contribution in [0.1, 0.15) is 51.6 Å². The van der Waals surface area contributed by atoms with Crippen LogP contribution in [0, 0.1) is 28.9 Å². The number of hydrogen-bond donors (Lipinski definition) is 1. The van der Waals surface area contributed by atoms with Crippen molar-refractivity contribution in [2.45, 2.75) is 43.4 Å². The normalized spacial score (nSPS) is 19.5. The van der Waals surface area contributed by atoms with Gasteiger partial charge in [-0.1, -0.05) is 0 Å². The molecule has 1 unspecified atom stereocenters. The molecule has 1 N–H and O–H groups in total. The highest BCUT2D eigenvalue weighted by molar-refractivity contribution is 9.10. The number of nitriles is 1. The molecular weight excluding hydrogens is 645 g/mol. The Bertz CT molecular complexity index is 1760. The molecule has 0 radical (unpaired) electrons. The van der Waals surface area contributed by atoms with E-state index in [4.69, 9.17) is 5.26 Å². The van der Waals surface area contributed by atoms with E-state index in [0.29, 0.717) is 19.9 Å². The fourth-order valence-corrected chi connectivity index (χ4v) is 6.79. The largest absolute Gasteiger partial charge is 0.435 e. The van der Waals surface area contributed by atoms with Gasteiger partial charge in [0.2, 0.25) is 5.91 Å². The standard InChI is InChI=1S/C25H14BrF7N6OS/c26-14-6-16-23(36-18(7-34)41-16)37-20(14)15(3-9-1-10(27)4-11(28)2-9)35-17(40)8-39-22-19(21(38-39)25(31,32)33)12-5-13(12)24(22,29)30/h1-2,4,6,12-13,15H,3,5,8H2,(H,35,40)/t12-,13+,15?/m0/s1. The molecule has 1 saturated carbocycles. The van der Waals surface area contributed by atoms with Gasteiger partial charge in [0.25, 0.3) is 5.92 Å². The third kappa shape index (κ3) is 4.84. The first-order valence-corrected chi connectivity index (χ1v) is 13.5. The molecule has 6 rings (SSSR count). The predicted molar refractivity (Wildman–Crippen MR) is 133 cm³/mol. The molecule has 0 aliphatic heterocycles. The molecule has 4 aromatic rings. The van der Waals surface area contributed by atoms with Crippen LogP contribution in [-0.4, -0.2) is 25.7 Å². The van der Waals surface area contributed by atoms with Gasteiger partial charge in [0.15, 0.2) is 16.3 Å². The van der Waals surface area contributed by atoms with Crippen molar-refractivity contribution in [3.63, 3.8) is 0 Å². The van der Waals surface area contributed by atoms with Crippen molar-refractivity contribution in [3.8, 4) is 6.07 Å². The maximum Gasteiger partial charge on any atom is 0.435 e. The molecule has 2 aliphatic rings. The van der Waals surface area contributed by atoms with Gasteiger partial charge in [0, 0.05) is 22.0 Å². The van der Waals surface area contributed by atoms with E-state index in [2.05, 4.69) is 36.3 Å². The van der Waals surface area contributed by atoms with E-state index in [0.717, 1.165) is 23.5 Å². The molecule has 3 atom stereocenters. The van der Waals surface area contributed by atoms with Gasteiger partial charge in [-0.15, -0.1) is 11.3 Å². The molecule has 0 bridgehead atoms. The first kappa shape index (κ1) is 27.6. The second-order valence-electron chi connectivity index (χ2n) is 9.75. The number of pyridine rings is 1. The summed E-state index contributed by atoms with van der Waals surface area (Å²) in [5, 5.41) is 15.2. The maximum atomic E-state index is 14.9. The number of benzene rings is 1. The summed E-state index contributed by atoms with van der Waals surface area (Å²) in [5.41, 5.74) is -2.59. The molecule has 2 aliphatic carbocycles. The van der Waals surface area contributed by atoms with Crippen LogP contribution in [0.5, 0.6) is 0 Å². The summed E-state index contributed by atoms with van der Waals surface area (Å²) in [6, 6.07) is 5.01. The lowest BCUT2D eigenvalue weighted by Gasteiger charge is -2.21. The molecule has 0 spiro atoms. The molecule has 3 heterocycles. The van der Waals surface area contributed by atoms with E-state index in [9.17, 15) is 35.5 Å². The fourth-order valence-electron chi connectivity index (χ4n) is 5.30. The molecule has 212 valence electrons. The van der Waals surface area contributed by atoms with E-state index in [1.54, 1.807) is 6.07 Å². The topological polar surface area (TPSA) is 96.5 Å². The molecular formula is C25H14BrF7N6OS. The van der Waals surface area contributed by atoms with Crippen LogP contribution >= 0.6 is 27.3 Å². The molecule has 1 amide bonds. The molecule has 16 heteroatoms. The van der Waals surface area contributed by atoms with Crippen molar-refractivity contribution < 1.29 is 35.5 Å². The van der Waals surface area contributed by atoms with E-state index in [-0.39, 0.29) is 34.8 Å². The Morgan fingerprint density at radius 3 is 2.59 bits per heavy atom. The van der Waals surface area contributed by atoms with Crippen molar-refractivity contribution in [3.05, 3.63) is 73.6 Å². The number of nitrogens with one attached hydrogen (secondary N) is 1. The Kier molecular flexibility index (Phi) is 6.38. The molecule has 41 heavy (non-hydrogen) atoms. The third-order valence-corrected chi connectivity index (χ3v) is 8.51. The van der Waals surface area contributed by atoms with Crippen molar-refractivity contribution in [1.29, 1.82) is 5.26 Å². The Morgan fingerprint density at radius 2 is 1.93 bits per heavy atom. The predicted octanol–water partition coefficient (Wildman–Crippen LogP) is 6.13. The Labute approximate surface area is 238 Å². The van der Waals surface area contributed by atoms with Gasteiger partial charge < -0.3 is 5.32 Å². The first-order chi connectivity index (χ1) is 19.3. The smallest absolute Gasteiger partial charge is 0.346 e. The van der Waals surface area contributed by atoms with Gasteiger partial charge in [0.05, 0.1) is 16.4 Å². The average Bonchev–Trinajstić information content (AvgIpc) is 3.33. The zero-order valence-corrected chi connectivity index (χ0v) is 22.6. The average molecular weight is 659 g/mol. The highest BCUT2D eigenvalue weighted by Crippen LogP contribution is 2.68. The van der Waals surface area contributed by atoms with E-state index >= 15 is 0 Å². The van der Waals surface area contributed by atoms with E-state index < -0.39 is 71.0 Å². The Balaban J connectivity index is 1.36. The zero-order chi connectivity index (χ0) is 29.4. The minimum absolute atomic E-state index is 0.0977. The van der Waals surface area contributed by atoms with Gasteiger partial charge >= 0.3 is 6.18 Å². The van der Waals surface area contributed by atoms with E-state index in [1.807, 2.05) is 6.07 Å². The van der Waals surface area contributed by atoms with Crippen LogP contribution in [-0.2, 0) is 29.9 Å². The summed E-state index contributed by atoms with van der Waals surface area (Å²) in [4.78, 5) is 21.6. The fraction of sp³-hybridized carbons (Fsp3) is 0.320. The number of fused-ring (bicyclic) bond motifs is 4.